The second-order valence-electron chi connectivity index (χ2n) is 8.10. The van der Waals surface area contributed by atoms with Crippen LogP contribution in [0.25, 0.3) is 10.8 Å². The summed E-state index contributed by atoms with van der Waals surface area (Å²) in [6, 6.07) is 26.5. The van der Waals surface area contributed by atoms with E-state index in [0.717, 1.165) is 16.3 Å². The monoisotopic (exact) mass is 483 g/mol. The molecule has 0 radical (unpaired) electrons. The van der Waals surface area contributed by atoms with Gasteiger partial charge in [-0.1, -0.05) is 72.8 Å². The molecule has 0 aliphatic carbocycles. The minimum atomic E-state index is -0.785. The van der Waals surface area contributed by atoms with Gasteiger partial charge in [-0.2, -0.15) is 12.6 Å². The minimum Gasteiger partial charge on any atom is -0.325 e. The Morgan fingerprint density at radius 3 is 2.31 bits per heavy atom. The molecule has 0 aliphatic rings. The molecule has 0 aliphatic heterocycles. The maximum absolute atomic E-state index is 13.3. The van der Waals surface area contributed by atoms with Crippen molar-refractivity contribution in [3.8, 4) is 0 Å². The van der Waals surface area contributed by atoms with Crippen LogP contribution in [0.3, 0.4) is 0 Å². The third kappa shape index (κ3) is 5.77. The first-order valence-corrected chi connectivity index (χ1v) is 11.8. The lowest BCUT2D eigenvalue weighted by Crippen LogP contribution is -2.37. The van der Waals surface area contributed by atoms with Crippen LogP contribution < -0.4 is 16.4 Å². The summed E-state index contributed by atoms with van der Waals surface area (Å²) in [5, 5.41) is 7.64. The first kappa shape index (κ1) is 24.2. The average Bonchev–Trinajstić information content (AvgIpc) is 2.89. The van der Waals surface area contributed by atoms with Crippen LogP contribution in [0.5, 0.6) is 0 Å². The van der Waals surface area contributed by atoms with Crippen molar-refractivity contribution in [1.29, 1.82) is 0 Å². The molecule has 4 rings (SSSR count). The number of ketones is 1. The fourth-order valence-electron chi connectivity index (χ4n) is 3.80. The van der Waals surface area contributed by atoms with Gasteiger partial charge in [0, 0.05) is 22.6 Å². The molecule has 1 unspecified atom stereocenters. The van der Waals surface area contributed by atoms with E-state index in [4.69, 9.17) is 5.73 Å². The van der Waals surface area contributed by atoms with Crippen LogP contribution in [0.1, 0.15) is 21.5 Å². The minimum absolute atomic E-state index is 0.148. The van der Waals surface area contributed by atoms with Crippen LogP contribution in [0.2, 0.25) is 0 Å². The van der Waals surface area contributed by atoms with Crippen LogP contribution in [0, 0.1) is 0 Å². The lowest BCUT2D eigenvalue weighted by Gasteiger charge is -2.15. The van der Waals surface area contributed by atoms with Crippen molar-refractivity contribution < 1.29 is 14.4 Å². The molecule has 4 aromatic carbocycles. The molecule has 0 heterocycles. The summed E-state index contributed by atoms with van der Waals surface area (Å²) in [7, 11) is 0. The van der Waals surface area contributed by atoms with Gasteiger partial charge in [0.2, 0.25) is 11.8 Å². The van der Waals surface area contributed by atoms with Gasteiger partial charge in [-0.05, 0) is 34.5 Å². The molecule has 35 heavy (non-hydrogen) atoms. The molecule has 0 saturated heterocycles. The van der Waals surface area contributed by atoms with Gasteiger partial charge in [-0.15, -0.1) is 0 Å². The van der Waals surface area contributed by atoms with E-state index in [1.807, 2.05) is 48.5 Å². The van der Waals surface area contributed by atoms with Crippen molar-refractivity contribution in [3.63, 3.8) is 0 Å². The molecule has 0 aromatic heterocycles. The number of carbonyl (C=O) groups excluding carboxylic acids is 3. The number of anilines is 2. The van der Waals surface area contributed by atoms with Crippen molar-refractivity contribution in [1.82, 2.24) is 0 Å². The molecule has 2 amide bonds. The maximum Gasteiger partial charge on any atom is 0.242 e. The molecular formula is C28H25N3O3S. The van der Waals surface area contributed by atoms with Crippen LogP contribution >= 0.6 is 12.6 Å². The standard InChI is InChI=1S/C28H25N3O3S/c29-24(17-35)28(34)30-21-13-14-25(23(16-21)27(33)19-8-2-1-3-9-19)31-26(32)15-20-11-6-10-18-7-4-5-12-22(18)20/h1-14,16,24,35H,15,17,29H2,(H,30,34)(H,31,32). The number of benzene rings is 4. The van der Waals surface area contributed by atoms with Crippen molar-refractivity contribution in [2.75, 3.05) is 16.4 Å². The summed E-state index contributed by atoms with van der Waals surface area (Å²) in [4.78, 5) is 38.5. The largest absolute Gasteiger partial charge is 0.325 e. The Hall–Kier alpha value is -3.94. The van der Waals surface area contributed by atoms with Crippen LogP contribution in [0.4, 0.5) is 11.4 Å². The summed E-state index contributed by atoms with van der Waals surface area (Å²) >= 11 is 4.05. The van der Waals surface area contributed by atoms with Gasteiger partial charge in [0.1, 0.15) is 0 Å². The van der Waals surface area contributed by atoms with Gasteiger partial charge in [-0.25, -0.2) is 0 Å². The zero-order chi connectivity index (χ0) is 24.8. The predicted octanol–water partition coefficient (Wildman–Crippen LogP) is 4.45. The zero-order valence-electron chi connectivity index (χ0n) is 18.9. The maximum atomic E-state index is 13.3. The van der Waals surface area contributed by atoms with Gasteiger partial charge >= 0.3 is 0 Å². The van der Waals surface area contributed by atoms with E-state index in [9.17, 15) is 14.4 Å². The van der Waals surface area contributed by atoms with E-state index in [2.05, 4.69) is 23.3 Å². The number of thiol groups is 1. The summed E-state index contributed by atoms with van der Waals surface area (Å²) in [6.07, 6.45) is 0.148. The first-order chi connectivity index (χ1) is 17.0. The molecule has 0 fully saturated rings. The van der Waals surface area contributed by atoms with Crippen LogP contribution in [-0.4, -0.2) is 29.4 Å². The van der Waals surface area contributed by atoms with Gasteiger partial charge in [0.05, 0.1) is 18.2 Å². The Labute approximate surface area is 208 Å². The Morgan fingerprint density at radius 2 is 1.54 bits per heavy atom. The van der Waals surface area contributed by atoms with E-state index in [1.54, 1.807) is 42.5 Å². The Morgan fingerprint density at radius 1 is 0.829 bits per heavy atom. The number of nitrogens with one attached hydrogen (secondary N) is 2. The number of carbonyl (C=O) groups is 3. The van der Waals surface area contributed by atoms with Crippen LogP contribution in [-0.2, 0) is 16.0 Å². The quantitative estimate of drug-likeness (QED) is 0.220. The molecule has 0 bridgehead atoms. The lowest BCUT2D eigenvalue weighted by molar-refractivity contribution is -0.117. The topological polar surface area (TPSA) is 101 Å². The fourth-order valence-corrected chi connectivity index (χ4v) is 3.96. The van der Waals surface area contributed by atoms with E-state index in [-0.39, 0.29) is 29.4 Å². The molecule has 0 saturated carbocycles. The third-order valence-electron chi connectivity index (χ3n) is 5.61. The smallest absolute Gasteiger partial charge is 0.242 e. The number of rotatable bonds is 8. The molecule has 4 N–H and O–H groups in total. The number of nitrogens with two attached hydrogens (primary N) is 1. The molecule has 4 aromatic rings. The highest BCUT2D eigenvalue weighted by molar-refractivity contribution is 7.80. The highest BCUT2D eigenvalue weighted by Gasteiger charge is 2.19. The normalized spacial score (nSPS) is 11.6. The highest BCUT2D eigenvalue weighted by Crippen LogP contribution is 2.25. The average molecular weight is 484 g/mol. The Balaban J connectivity index is 1.63. The van der Waals surface area contributed by atoms with Crippen molar-refractivity contribution in [3.05, 3.63) is 108 Å². The Kier molecular flexibility index (Phi) is 7.60. The predicted molar refractivity (Wildman–Crippen MR) is 143 cm³/mol. The second-order valence-corrected chi connectivity index (χ2v) is 8.46. The lowest BCUT2D eigenvalue weighted by atomic mass is 10.00. The number of fused-ring (bicyclic) bond motifs is 1. The SMILES string of the molecule is NC(CS)C(=O)Nc1ccc(NC(=O)Cc2cccc3ccccc23)c(C(=O)c2ccccc2)c1. The van der Waals surface area contributed by atoms with E-state index < -0.39 is 11.9 Å². The molecule has 7 heteroatoms. The first-order valence-electron chi connectivity index (χ1n) is 11.1. The number of hydrogen-bond donors (Lipinski definition) is 4. The highest BCUT2D eigenvalue weighted by atomic mass is 32.1. The van der Waals surface area contributed by atoms with Gasteiger partial charge in [-0.3, -0.25) is 14.4 Å². The van der Waals surface area contributed by atoms with Crippen LogP contribution in [0.15, 0.2) is 91.0 Å². The van der Waals surface area contributed by atoms with E-state index >= 15 is 0 Å². The summed E-state index contributed by atoms with van der Waals surface area (Å²) < 4.78 is 0. The molecular weight excluding hydrogens is 458 g/mol. The van der Waals surface area contributed by atoms with Gasteiger partial charge in [0.25, 0.3) is 0 Å². The van der Waals surface area contributed by atoms with Gasteiger partial charge < -0.3 is 16.4 Å². The van der Waals surface area contributed by atoms with Crippen molar-refractivity contribution in [2.24, 2.45) is 5.73 Å². The molecule has 0 spiro atoms. The Bertz CT molecular complexity index is 1380. The van der Waals surface area contributed by atoms with E-state index in [1.165, 1.54) is 0 Å². The molecule has 6 nitrogen and oxygen atoms in total. The van der Waals surface area contributed by atoms with Crippen molar-refractivity contribution in [2.45, 2.75) is 12.5 Å². The molecule has 1 atom stereocenters. The third-order valence-corrected chi connectivity index (χ3v) is 6.00. The summed E-state index contributed by atoms with van der Waals surface area (Å²) in [5.74, 6) is -0.756. The van der Waals surface area contributed by atoms with Gasteiger partial charge in [0.15, 0.2) is 5.78 Å². The fraction of sp³-hybridized carbons (Fsp3) is 0.107. The summed E-state index contributed by atoms with van der Waals surface area (Å²) in [6.45, 7) is 0. The summed E-state index contributed by atoms with van der Waals surface area (Å²) in [5.41, 5.74) is 8.13. The van der Waals surface area contributed by atoms with Crippen molar-refractivity contribution >= 4 is 52.4 Å². The second kappa shape index (κ2) is 11.0. The number of hydrogen-bond acceptors (Lipinski definition) is 5. The molecule has 176 valence electrons. The van der Waals surface area contributed by atoms with E-state index in [0.29, 0.717) is 16.9 Å². The zero-order valence-corrected chi connectivity index (χ0v) is 19.8. The number of amides is 2.